The number of Topliss-reactive ketones (excluding diaryl/α,β-unsaturated/α-hetero) is 1. The van der Waals surface area contributed by atoms with Gasteiger partial charge in [-0.05, 0) is 59.2 Å². The number of hydrogen-bond donors (Lipinski definition) is 0. The molecule has 1 rings (SSSR count). The van der Waals surface area contributed by atoms with Gasteiger partial charge >= 0.3 is 0 Å². The van der Waals surface area contributed by atoms with E-state index in [-0.39, 0.29) is 11.7 Å². The third kappa shape index (κ3) is 3.73. The van der Waals surface area contributed by atoms with Crippen LogP contribution in [0.2, 0.25) is 0 Å². The van der Waals surface area contributed by atoms with Crippen LogP contribution in [0.1, 0.15) is 61.0 Å². The SMILES string of the molecule is CC(C)C(=O)Cc1ccc(S(F)(C(C)(C)C)C(C)(C)C)cc1. The molecule has 1 aromatic carbocycles. The molecule has 0 bridgehead atoms. The van der Waals surface area contributed by atoms with Gasteiger partial charge in [0.05, 0.1) is 0 Å². The second-order valence-corrected chi connectivity index (χ2v) is 12.2. The summed E-state index contributed by atoms with van der Waals surface area (Å²) in [7, 11) is -2.50. The summed E-state index contributed by atoms with van der Waals surface area (Å²) in [6.45, 7) is 15.7. The summed E-state index contributed by atoms with van der Waals surface area (Å²) < 4.78 is 15.2. The molecule has 0 spiro atoms. The van der Waals surface area contributed by atoms with Crippen molar-refractivity contribution in [1.29, 1.82) is 0 Å². The largest absolute Gasteiger partial charge is 0.299 e. The Bertz CT molecular complexity index is 504. The molecule has 0 amide bonds. The van der Waals surface area contributed by atoms with Crippen molar-refractivity contribution in [2.75, 3.05) is 0 Å². The third-order valence-corrected chi connectivity index (χ3v) is 8.26. The lowest BCUT2D eigenvalue weighted by molar-refractivity contribution is -0.121. The Balaban J connectivity index is 3.18. The van der Waals surface area contributed by atoms with E-state index in [1.165, 1.54) is 0 Å². The minimum Gasteiger partial charge on any atom is -0.299 e. The van der Waals surface area contributed by atoms with Crippen molar-refractivity contribution >= 4 is 16.2 Å². The number of halogens is 1. The van der Waals surface area contributed by atoms with Crippen LogP contribution in [0.4, 0.5) is 3.89 Å². The normalized spacial score (nSPS) is 14.3. The van der Waals surface area contributed by atoms with Crippen molar-refractivity contribution in [3.63, 3.8) is 0 Å². The first-order valence-electron chi connectivity index (χ1n) is 7.94. The molecule has 0 aliphatic heterocycles. The molecule has 0 unspecified atom stereocenters. The van der Waals surface area contributed by atoms with Crippen LogP contribution >= 0.6 is 10.4 Å². The van der Waals surface area contributed by atoms with E-state index in [9.17, 15) is 4.79 Å². The number of hydrogen-bond acceptors (Lipinski definition) is 1. The van der Waals surface area contributed by atoms with Gasteiger partial charge < -0.3 is 0 Å². The number of benzene rings is 1. The average molecular weight is 327 g/mol. The van der Waals surface area contributed by atoms with Crippen molar-refractivity contribution in [3.05, 3.63) is 29.8 Å². The first kappa shape index (κ1) is 19.2. The van der Waals surface area contributed by atoms with Gasteiger partial charge in [-0.1, -0.05) is 36.4 Å². The van der Waals surface area contributed by atoms with E-state index in [1.54, 1.807) is 0 Å². The van der Waals surface area contributed by atoms with E-state index >= 15 is 3.89 Å². The smallest absolute Gasteiger partial charge is 0.139 e. The molecule has 1 aromatic rings. The van der Waals surface area contributed by atoms with Gasteiger partial charge in [-0.2, -0.15) is 3.89 Å². The van der Waals surface area contributed by atoms with Gasteiger partial charge in [-0.25, -0.2) is 0 Å². The predicted molar refractivity (Wildman–Crippen MR) is 96.5 cm³/mol. The molecule has 0 aromatic heterocycles. The summed E-state index contributed by atoms with van der Waals surface area (Å²) in [5, 5.41) is 0. The highest BCUT2D eigenvalue weighted by Gasteiger charge is 2.47. The maximum atomic E-state index is 16.1. The first-order valence-corrected chi connectivity index (χ1v) is 9.48. The van der Waals surface area contributed by atoms with Crippen LogP contribution in [-0.2, 0) is 11.2 Å². The van der Waals surface area contributed by atoms with Gasteiger partial charge in [0.25, 0.3) is 0 Å². The Morgan fingerprint density at radius 2 is 1.41 bits per heavy atom. The van der Waals surface area contributed by atoms with E-state index < -0.39 is 19.9 Å². The number of ketones is 1. The van der Waals surface area contributed by atoms with Crippen LogP contribution in [-0.4, -0.2) is 15.3 Å². The highest BCUT2D eigenvalue weighted by Crippen LogP contribution is 2.73. The summed E-state index contributed by atoms with van der Waals surface area (Å²) in [4.78, 5) is 12.6. The van der Waals surface area contributed by atoms with Crippen LogP contribution in [0.5, 0.6) is 0 Å². The van der Waals surface area contributed by atoms with Gasteiger partial charge in [0.2, 0.25) is 0 Å². The van der Waals surface area contributed by atoms with E-state index in [1.807, 2.05) is 79.7 Å². The zero-order valence-corrected chi connectivity index (χ0v) is 16.1. The molecule has 1 nitrogen and oxygen atoms in total. The van der Waals surface area contributed by atoms with Crippen molar-refractivity contribution < 1.29 is 8.68 Å². The fourth-order valence-electron chi connectivity index (χ4n) is 2.83. The Labute approximate surface area is 137 Å². The van der Waals surface area contributed by atoms with Gasteiger partial charge in [-0.3, -0.25) is 4.79 Å². The predicted octanol–water partition coefficient (Wildman–Crippen LogP) is 6.10. The van der Waals surface area contributed by atoms with Crippen molar-refractivity contribution in [3.8, 4) is 0 Å². The standard InChI is InChI=1S/C19H31FOS/c1-14(2)17(21)13-15-9-11-16(12-10-15)22(20,18(3,4)5)19(6,7)8/h9-12,14H,13H2,1-8H3. The summed E-state index contributed by atoms with van der Waals surface area (Å²) >= 11 is 0. The highest BCUT2D eigenvalue weighted by molar-refractivity contribution is 8.31. The molecular weight excluding hydrogens is 295 g/mol. The summed E-state index contributed by atoms with van der Waals surface area (Å²) in [6.07, 6.45) is 0.428. The Kier molecular flexibility index (Phi) is 5.55. The fraction of sp³-hybridized carbons (Fsp3) is 0.632. The molecule has 0 heterocycles. The molecule has 0 saturated carbocycles. The summed E-state index contributed by atoms with van der Waals surface area (Å²) in [5.41, 5.74) is 0.965. The maximum absolute atomic E-state index is 16.1. The molecule has 0 fully saturated rings. The van der Waals surface area contributed by atoms with Gasteiger partial charge in [0.15, 0.2) is 0 Å². The molecule has 22 heavy (non-hydrogen) atoms. The minimum absolute atomic E-state index is 0.0368. The maximum Gasteiger partial charge on any atom is 0.139 e. The van der Waals surface area contributed by atoms with E-state index in [4.69, 9.17) is 0 Å². The second kappa shape index (κ2) is 6.35. The van der Waals surface area contributed by atoms with Crippen LogP contribution in [0.3, 0.4) is 0 Å². The average Bonchev–Trinajstić information content (AvgIpc) is 2.35. The van der Waals surface area contributed by atoms with Gasteiger partial charge in [0.1, 0.15) is 5.78 Å². The molecule has 3 heteroatoms. The lowest BCUT2D eigenvalue weighted by Gasteiger charge is -2.52. The van der Waals surface area contributed by atoms with Gasteiger partial charge in [-0.15, -0.1) is 0 Å². The minimum atomic E-state index is -2.50. The van der Waals surface area contributed by atoms with Crippen LogP contribution in [0.25, 0.3) is 0 Å². The molecule has 0 radical (unpaired) electrons. The Morgan fingerprint density at radius 3 is 1.73 bits per heavy atom. The molecular formula is C19H31FOS. The quantitative estimate of drug-likeness (QED) is 0.653. The van der Waals surface area contributed by atoms with Crippen molar-refractivity contribution in [2.45, 2.75) is 76.2 Å². The third-order valence-electron chi connectivity index (χ3n) is 3.96. The zero-order valence-electron chi connectivity index (χ0n) is 15.3. The van der Waals surface area contributed by atoms with E-state index in [0.717, 1.165) is 10.5 Å². The lowest BCUT2D eigenvalue weighted by atomic mass is 10.0. The Hall–Kier alpha value is -0.830. The molecule has 0 N–H and O–H groups in total. The number of rotatable bonds is 4. The monoisotopic (exact) mass is 326 g/mol. The van der Waals surface area contributed by atoms with Crippen LogP contribution < -0.4 is 0 Å². The molecule has 0 aliphatic rings. The van der Waals surface area contributed by atoms with Crippen LogP contribution in [0, 0.1) is 5.92 Å². The Morgan fingerprint density at radius 1 is 1.00 bits per heavy atom. The van der Waals surface area contributed by atoms with Crippen LogP contribution in [0.15, 0.2) is 29.2 Å². The van der Waals surface area contributed by atoms with Crippen molar-refractivity contribution in [2.24, 2.45) is 5.92 Å². The van der Waals surface area contributed by atoms with Gasteiger partial charge in [0, 0.05) is 26.7 Å². The first-order chi connectivity index (χ1) is 9.80. The summed E-state index contributed by atoms with van der Waals surface area (Å²) in [5.74, 6) is 0.257. The van der Waals surface area contributed by atoms with E-state index in [2.05, 4.69) is 0 Å². The highest BCUT2D eigenvalue weighted by atomic mass is 32.3. The van der Waals surface area contributed by atoms with Crippen molar-refractivity contribution in [1.82, 2.24) is 0 Å². The second-order valence-electron chi connectivity index (χ2n) is 8.20. The number of carbonyl (C=O) groups is 1. The molecule has 0 saturated heterocycles. The summed E-state index contributed by atoms with van der Waals surface area (Å²) in [6, 6.07) is 7.59. The number of carbonyl (C=O) groups excluding carboxylic acids is 1. The van der Waals surface area contributed by atoms with E-state index in [0.29, 0.717) is 6.42 Å². The lowest BCUT2D eigenvalue weighted by Crippen LogP contribution is -2.35. The topological polar surface area (TPSA) is 17.1 Å². The zero-order chi connectivity index (χ0) is 17.3. The molecule has 0 aliphatic carbocycles. The molecule has 126 valence electrons. The molecule has 0 atom stereocenters. The fourth-order valence-corrected chi connectivity index (χ4v) is 6.59.